The standard InChI is InChI=1S/C16H16N4O2/c21-15(19-10-11-3-6-17-7-4-11)12-5-8-18-14(9-12)16(22)20-13-1-2-13/h3-9,13H,1-2,10H2,(H,19,21)(H,20,22). The Morgan fingerprint density at radius 2 is 1.86 bits per heavy atom. The summed E-state index contributed by atoms with van der Waals surface area (Å²) in [7, 11) is 0. The first-order chi connectivity index (χ1) is 10.7. The number of amides is 2. The molecule has 2 N–H and O–H groups in total. The predicted molar refractivity (Wildman–Crippen MR) is 80.1 cm³/mol. The molecule has 3 rings (SSSR count). The van der Waals surface area contributed by atoms with Crippen molar-refractivity contribution in [2.45, 2.75) is 25.4 Å². The molecule has 0 radical (unpaired) electrons. The zero-order valence-corrected chi connectivity index (χ0v) is 12.0. The molecule has 2 heterocycles. The smallest absolute Gasteiger partial charge is 0.270 e. The minimum absolute atomic E-state index is 0.230. The van der Waals surface area contributed by atoms with Crippen LogP contribution in [0.4, 0.5) is 0 Å². The maximum Gasteiger partial charge on any atom is 0.270 e. The number of aromatic nitrogens is 2. The molecule has 2 aromatic heterocycles. The van der Waals surface area contributed by atoms with Crippen LogP contribution in [0.25, 0.3) is 0 Å². The van der Waals surface area contributed by atoms with Gasteiger partial charge in [-0.3, -0.25) is 19.6 Å². The number of rotatable bonds is 5. The fourth-order valence-corrected chi connectivity index (χ4v) is 1.97. The van der Waals surface area contributed by atoms with Crippen molar-refractivity contribution in [2.75, 3.05) is 0 Å². The highest BCUT2D eigenvalue weighted by atomic mass is 16.2. The summed E-state index contributed by atoms with van der Waals surface area (Å²) >= 11 is 0. The SMILES string of the molecule is O=C(NCc1ccncc1)c1ccnc(C(=O)NC2CC2)c1. The Morgan fingerprint density at radius 3 is 2.59 bits per heavy atom. The highest BCUT2D eigenvalue weighted by Crippen LogP contribution is 2.19. The largest absolute Gasteiger partial charge is 0.348 e. The Labute approximate surface area is 128 Å². The van der Waals surface area contributed by atoms with Gasteiger partial charge in [0.25, 0.3) is 11.8 Å². The molecule has 6 nitrogen and oxygen atoms in total. The van der Waals surface area contributed by atoms with Crippen molar-refractivity contribution >= 4 is 11.8 Å². The number of pyridine rings is 2. The molecule has 112 valence electrons. The molecule has 2 amide bonds. The molecule has 1 fully saturated rings. The van der Waals surface area contributed by atoms with Crippen molar-refractivity contribution in [1.82, 2.24) is 20.6 Å². The first-order valence-corrected chi connectivity index (χ1v) is 7.16. The lowest BCUT2D eigenvalue weighted by Crippen LogP contribution is -2.27. The van der Waals surface area contributed by atoms with Gasteiger partial charge < -0.3 is 10.6 Å². The van der Waals surface area contributed by atoms with Crippen LogP contribution < -0.4 is 10.6 Å². The van der Waals surface area contributed by atoms with Crippen molar-refractivity contribution in [2.24, 2.45) is 0 Å². The normalized spacial score (nSPS) is 13.5. The fraction of sp³-hybridized carbons (Fsp3) is 0.250. The summed E-state index contributed by atoms with van der Waals surface area (Å²) in [6, 6.07) is 7.04. The number of carbonyl (C=O) groups is 2. The van der Waals surface area contributed by atoms with Gasteiger partial charge in [-0.2, -0.15) is 0 Å². The third-order valence-electron chi connectivity index (χ3n) is 3.37. The van der Waals surface area contributed by atoms with Crippen LogP contribution in [0.5, 0.6) is 0 Å². The van der Waals surface area contributed by atoms with Crippen LogP contribution in [0.1, 0.15) is 39.3 Å². The molecule has 0 atom stereocenters. The van der Waals surface area contributed by atoms with Gasteiger partial charge in [-0.15, -0.1) is 0 Å². The van der Waals surface area contributed by atoms with E-state index in [0.717, 1.165) is 18.4 Å². The van der Waals surface area contributed by atoms with Crippen molar-refractivity contribution in [3.05, 3.63) is 59.7 Å². The van der Waals surface area contributed by atoms with Crippen LogP contribution in [0.2, 0.25) is 0 Å². The van der Waals surface area contributed by atoms with Gasteiger partial charge in [-0.25, -0.2) is 0 Å². The maximum atomic E-state index is 12.1. The number of nitrogens with one attached hydrogen (secondary N) is 2. The minimum atomic E-state index is -0.236. The summed E-state index contributed by atoms with van der Waals surface area (Å²) in [6.07, 6.45) is 6.85. The molecule has 0 bridgehead atoms. The molecule has 22 heavy (non-hydrogen) atoms. The first-order valence-electron chi connectivity index (χ1n) is 7.16. The number of hydrogen-bond donors (Lipinski definition) is 2. The molecule has 1 saturated carbocycles. The molecular weight excluding hydrogens is 280 g/mol. The molecule has 1 aliphatic carbocycles. The topological polar surface area (TPSA) is 84.0 Å². The van der Waals surface area contributed by atoms with Gasteiger partial charge in [-0.05, 0) is 42.7 Å². The lowest BCUT2D eigenvalue weighted by atomic mass is 10.2. The number of hydrogen-bond acceptors (Lipinski definition) is 4. The van der Waals surface area contributed by atoms with Crippen LogP contribution in [0.15, 0.2) is 42.9 Å². The Hall–Kier alpha value is -2.76. The fourth-order valence-electron chi connectivity index (χ4n) is 1.97. The summed E-state index contributed by atoms with van der Waals surface area (Å²) in [5.41, 5.74) is 1.65. The Balaban J connectivity index is 1.63. The summed E-state index contributed by atoms with van der Waals surface area (Å²) in [4.78, 5) is 32.0. The molecule has 0 aliphatic heterocycles. The van der Waals surface area contributed by atoms with Gasteiger partial charge in [0, 0.05) is 36.7 Å². The van der Waals surface area contributed by atoms with Crippen LogP contribution >= 0.6 is 0 Å². The van der Waals surface area contributed by atoms with E-state index < -0.39 is 0 Å². The van der Waals surface area contributed by atoms with Gasteiger partial charge in [-0.1, -0.05) is 0 Å². The van der Waals surface area contributed by atoms with E-state index in [9.17, 15) is 9.59 Å². The number of carbonyl (C=O) groups excluding carboxylic acids is 2. The van der Waals surface area contributed by atoms with Crippen molar-refractivity contribution in [3.63, 3.8) is 0 Å². The molecule has 1 aliphatic rings. The zero-order chi connectivity index (χ0) is 15.4. The van der Waals surface area contributed by atoms with E-state index in [1.807, 2.05) is 12.1 Å². The van der Waals surface area contributed by atoms with E-state index in [4.69, 9.17) is 0 Å². The molecular formula is C16H16N4O2. The second kappa shape index (κ2) is 6.34. The van der Waals surface area contributed by atoms with Crippen LogP contribution in [-0.2, 0) is 6.54 Å². The van der Waals surface area contributed by atoms with Gasteiger partial charge in [0.15, 0.2) is 0 Å². The van der Waals surface area contributed by atoms with E-state index in [-0.39, 0.29) is 23.6 Å². The van der Waals surface area contributed by atoms with Crippen molar-refractivity contribution in [3.8, 4) is 0 Å². The van der Waals surface area contributed by atoms with Crippen LogP contribution in [0, 0.1) is 0 Å². The highest BCUT2D eigenvalue weighted by Gasteiger charge is 2.24. The Kier molecular flexibility index (Phi) is 4.09. The summed E-state index contributed by atoms with van der Waals surface area (Å²) in [5, 5.41) is 5.66. The maximum absolute atomic E-state index is 12.1. The molecule has 0 spiro atoms. The van der Waals surface area contributed by atoms with Crippen LogP contribution in [-0.4, -0.2) is 27.8 Å². The second-order valence-electron chi connectivity index (χ2n) is 5.22. The first kappa shape index (κ1) is 14.2. The average Bonchev–Trinajstić information content (AvgIpc) is 3.37. The zero-order valence-electron chi connectivity index (χ0n) is 12.0. The van der Waals surface area contributed by atoms with Gasteiger partial charge >= 0.3 is 0 Å². The third kappa shape index (κ3) is 3.66. The average molecular weight is 296 g/mol. The van der Waals surface area contributed by atoms with Crippen LogP contribution in [0.3, 0.4) is 0 Å². The summed E-state index contributed by atoms with van der Waals surface area (Å²) in [5.74, 6) is -0.467. The predicted octanol–water partition coefficient (Wildman–Crippen LogP) is 1.30. The lowest BCUT2D eigenvalue weighted by Gasteiger charge is -2.07. The number of nitrogens with zero attached hydrogens (tertiary/aromatic N) is 2. The van der Waals surface area contributed by atoms with E-state index in [2.05, 4.69) is 20.6 Å². The Morgan fingerprint density at radius 1 is 1.09 bits per heavy atom. The van der Waals surface area contributed by atoms with Gasteiger partial charge in [0.2, 0.25) is 0 Å². The van der Waals surface area contributed by atoms with Crippen molar-refractivity contribution < 1.29 is 9.59 Å². The van der Waals surface area contributed by atoms with Gasteiger partial charge in [0.05, 0.1) is 0 Å². The summed E-state index contributed by atoms with van der Waals surface area (Å²) in [6.45, 7) is 0.410. The lowest BCUT2D eigenvalue weighted by molar-refractivity contribution is 0.0946. The molecule has 0 unspecified atom stereocenters. The molecule has 0 aromatic carbocycles. The quantitative estimate of drug-likeness (QED) is 0.871. The molecule has 0 saturated heterocycles. The van der Waals surface area contributed by atoms with Gasteiger partial charge in [0.1, 0.15) is 5.69 Å². The van der Waals surface area contributed by atoms with E-state index in [1.165, 1.54) is 12.3 Å². The van der Waals surface area contributed by atoms with E-state index in [0.29, 0.717) is 12.1 Å². The second-order valence-corrected chi connectivity index (χ2v) is 5.22. The Bertz CT molecular complexity index is 684. The third-order valence-corrected chi connectivity index (χ3v) is 3.37. The summed E-state index contributed by atoms with van der Waals surface area (Å²) < 4.78 is 0. The minimum Gasteiger partial charge on any atom is -0.348 e. The monoisotopic (exact) mass is 296 g/mol. The van der Waals surface area contributed by atoms with E-state index in [1.54, 1.807) is 18.5 Å². The molecule has 6 heteroatoms. The van der Waals surface area contributed by atoms with E-state index >= 15 is 0 Å². The highest BCUT2D eigenvalue weighted by molar-refractivity contribution is 5.98. The van der Waals surface area contributed by atoms with Crippen molar-refractivity contribution in [1.29, 1.82) is 0 Å². The molecule has 2 aromatic rings.